The summed E-state index contributed by atoms with van der Waals surface area (Å²) in [6, 6.07) is 1.62. The molecule has 0 unspecified atom stereocenters. The molecule has 0 aliphatic carbocycles. The van der Waals surface area contributed by atoms with Crippen LogP contribution in [0.3, 0.4) is 0 Å². The number of hydrogen-bond acceptors (Lipinski definition) is 9. The van der Waals surface area contributed by atoms with Gasteiger partial charge in [0.1, 0.15) is 9.88 Å². The van der Waals surface area contributed by atoms with Crippen molar-refractivity contribution in [3.05, 3.63) is 41.1 Å². The number of rotatable bonds is 9. The molecule has 0 spiro atoms. The minimum atomic E-state index is -3.94. The highest BCUT2D eigenvalue weighted by Crippen LogP contribution is 2.30. The summed E-state index contributed by atoms with van der Waals surface area (Å²) in [5.41, 5.74) is 6.10. The molecule has 14 heteroatoms. The number of alkyl halides is 2. The maximum atomic E-state index is 12.8. The zero-order valence-electron chi connectivity index (χ0n) is 15.5. The van der Waals surface area contributed by atoms with Crippen molar-refractivity contribution < 1.29 is 26.4 Å². The Morgan fingerprint density at radius 2 is 2.07 bits per heavy atom. The number of aromatic nitrogens is 4. The molecular formula is C16H16F2N6O4S2. The quantitative estimate of drug-likeness (QED) is 0.513. The highest BCUT2D eigenvalue weighted by molar-refractivity contribution is 7.92. The SMILES string of the molecule is Cc1cncc(N(Cc2ncc(-c3nnc(C(F)F)o3)s2)S(=O)(=O)CCC(N)=O)c1. The average molecular weight is 458 g/mol. The smallest absolute Gasteiger partial charge is 0.314 e. The van der Waals surface area contributed by atoms with E-state index in [1.807, 2.05) is 0 Å². The molecule has 0 atom stereocenters. The largest absolute Gasteiger partial charge is 0.414 e. The van der Waals surface area contributed by atoms with Crippen molar-refractivity contribution in [1.29, 1.82) is 0 Å². The van der Waals surface area contributed by atoms with Gasteiger partial charge in [-0.1, -0.05) is 0 Å². The normalized spacial score (nSPS) is 11.7. The van der Waals surface area contributed by atoms with Crippen LogP contribution in [-0.4, -0.2) is 40.2 Å². The highest BCUT2D eigenvalue weighted by atomic mass is 32.2. The van der Waals surface area contributed by atoms with Crippen LogP contribution in [0, 0.1) is 6.92 Å². The van der Waals surface area contributed by atoms with E-state index >= 15 is 0 Å². The van der Waals surface area contributed by atoms with Gasteiger partial charge < -0.3 is 10.2 Å². The van der Waals surface area contributed by atoms with Crippen LogP contribution in [0.4, 0.5) is 14.5 Å². The van der Waals surface area contributed by atoms with E-state index in [0.29, 0.717) is 9.88 Å². The lowest BCUT2D eigenvalue weighted by molar-refractivity contribution is -0.117. The van der Waals surface area contributed by atoms with E-state index in [4.69, 9.17) is 10.2 Å². The topological polar surface area (TPSA) is 145 Å². The van der Waals surface area contributed by atoms with E-state index in [1.165, 1.54) is 12.4 Å². The van der Waals surface area contributed by atoms with Crippen molar-refractivity contribution in [3.8, 4) is 10.8 Å². The number of nitrogens with zero attached hydrogens (tertiary/aromatic N) is 5. The van der Waals surface area contributed by atoms with Crippen LogP contribution in [0.25, 0.3) is 10.8 Å². The lowest BCUT2D eigenvalue weighted by atomic mass is 10.3. The van der Waals surface area contributed by atoms with E-state index < -0.39 is 34.0 Å². The van der Waals surface area contributed by atoms with E-state index in [0.717, 1.165) is 21.2 Å². The van der Waals surface area contributed by atoms with Crippen molar-refractivity contribution in [2.24, 2.45) is 5.73 Å². The second kappa shape index (κ2) is 8.79. The maximum absolute atomic E-state index is 12.8. The fourth-order valence-corrected chi connectivity index (χ4v) is 4.72. The Labute approximate surface area is 173 Å². The van der Waals surface area contributed by atoms with E-state index in [9.17, 15) is 22.0 Å². The predicted molar refractivity (Wildman–Crippen MR) is 103 cm³/mol. The molecule has 0 aliphatic rings. The van der Waals surface area contributed by atoms with Gasteiger partial charge in [-0.05, 0) is 18.6 Å². The molecule has 0 radical (unpaired) electrons. The summed E-state index contributed by atoms with van der Waals surface area (Å²) < 4.78 is 56.9. The first-order valence-corrected chi connectivity index (χ1v) is 10.9. The van der Waals surface area contributed by atoms with Gasteiger partial charge in [0.25, 0.3) is 11.8 Å². The Morgan fingerprint density at radius 3 is 2.70 bits per heavy atom. The monoisotopic (exact) mass is 458 g/mol. The van der Waals surface area contributed by atoms with Gasteiger partial charge in [0.2, 0.25) is 15.9 Å². The summed E-state index contributed by atoms with van der Waals surface area (Å²) in [6.45, 7) is 1.58. The predicted octanol–water partition coefficient (Wildman–Crippen LogP) is 2.05. The molecule has 0 aliphatic heterocycles. The third-order valence-electron chi connectivity index (χ3n) is 3.76. The summed E-state index contributed by atoms with van der Waals surface area (Å²) in [7, 11) is -3.94. The standard InChI is InChI=1S/C16H16F2N6O4S2/c1-9-4-10(6-20-5-9)24(30(26,27)3-2-12(19)25)8-13-21-7-11(29-13)15-22-23-16(28-15)14(17)18/h4-7,14H,2-3,8H2,1H3,(H2,19,25). The number of nitrogens with two attached hydrogens (primary N) is 1. The van der Waals surface area contributed by atoms with E-state index in [2.05, 4.69) is 20.2 Å². The van der Waals surface area contributed by atoms with Crippen LogP contribution in [-0.2, 0) is 21.4 Å². The van der Waals surface area contributed by atoms with Crippen LogP contribution in [0.15, 0.2) is 29.1 Å². The van der Waals surface area contributed by atoms with E-state index in [-0.39, 0.29) is 24.5 Å². The van der Waals surface area contributed by atoms with Crippen LogP contribution in [0.2, 0.25) is 0 Å². The van der Waals surface area contributed by atoms with Crippen LogP contribution in [0.1, 0.15) is 29.3 Å². The van der Waals surface area contributed by atoms with Crippen molar-refractivity contribution in [1.82, 2.24) is 20.2 Å². The highest BCUT2D eigenvalue weighted by Gasteiger charge is 2.26. The number of carbonyl (C=O) groups excluding carboxylic acids is 1. The summed E-state index contributed by atoms with van der Waals surface area (Å²) in [4.78, 5) is 19.5. The van der Waals surface area contributed by atoms with Crippen molar-refractivity contribution in [3.63, 3.8) is 0 Å². The number of sulfonamides is 1. The number of carbonyl (C=O) groups is 1. The number of anilines is 1. The van der Waals surface area contributed by atoms with Gasteiger partial charge in [-0.2, -0.15) is 8.78 Å². The van der Waals surface area contributed by atoms with Crippen LogP contribution < -0.4 is 10.0 Å². The molecule has 0 saturated carbocycles. The van der Waals surface area contributed by atoms with Crippen LogP contribution in [0.5, 0.6) is 0 Å². The average Bonchev–Trinajstić information content (AvgIpc) is 3.34. The van der Waals surface area contributed by atoms with Gasteiger partial charge in [-0.3, -0.25) is 14.1 Å². The molecule has 3 aromatic rings. The van der Waals surface area contributed by atoms with Gasteiger partial charge in [-0.15, -0.1) is 21.5 Å². The van der Waals surface area contributed by atoms with E-state index in [1.54, 1.807) is 19.2 Å². The van der Waals surface area contributed by atoms with Crippen molar-refractivity contribution >= 4 is 33.0 Å². The zero-order valence-corrected chi connectivity index (χ0v) is 17.2. The molecule has 0 saturated heterocycles. The van der Waals surface area contributed by atoms with Crippen LogP contribution >= 0.6 is 11.3 Å². The zero-order chi connectivity index (χ0) is 21.9. The Bertz CT molecular complexity index is 1150. The number of amides is 1. The second-order valence-electron chi connectivity index (χ2n) is 6.12. The molecule has 3 rings (SSSR count). The molecule has 10 nitrogen and oxygen atoms in total. The Hall–Kier alpha value is -3.00. The van der Waals surface area contributed by atoms with Gasteiger partial charge in [-0.25, -0.2) is 13.4 Å². The number of hydrogen-bond donors (Lipinski definition) is 1. The molecule has 30 heavy (non-hydrogen) atoms. The first kappa shape index (κ1) is 21.7. The first-order chi connectivity index (χ1) is 14.2. The number of thiazole rings is 1. The molecule has 0 aromatic carbocycles. The minimum Gasteiger partial charge on any atom is -0.414 e. The minimum absolute atomic E-state index is 0.144. The van der Waals surface area contributed by atoms with Gasteiger partial charge >= 0.3 is 6.43 Å². The second-order valence-corrected chi connectivity index (χ2v) is 9.25. The molecule has 0 bridgehead atoms. The summed E-state index contributed by atoms with van der Waals surface area (Å²) >= 11 is 1.01. The molecule has 3 aromatic heterocycles. The van der Waals surface area contributed by atoms with Gasteiger partial charge in [0.05, 0.1) is 30.4 Å². The Balaban J connectivity index is 1.89. The fourth-order valence-electron chi connectivity index (χ4n) is 2.39. The Morgan fingerprint density at radius 1 is 1.30 bits per heavy atom. The fraction of sp³-hybridized carbons (Fsp3) is 0.312. The van der Waals surface area contributed by atoms with Gasteiger partial charge in [0.15, 0.2) is 0 Å². The van der Waals surface area contributed by atoms with Crippen molar-refractivity contribution in [2.75, 3.05) is 10.1 Å². The molecular weight excluding hydrogens is 442 g/mol. The molecule has 3 heterocycles. The summed E-state index contributed by atoms with van der Waals surface area (Å²) in [6.07, 6.45) is 1.01. The molecule has 160 valence electrons. The first-order valence-electron chi connectivity index (χ1n) is 8.42. The summed E-state index contributed by atoms with van der Waals surface area (Å²) in [5.74, 6) is -2.20. The third kappa shape index (κ3) is 5.13. The van der Waals surface area contributed by atoms with Crippen molar-refractivity contribution in [2.45, 2.75) is 26.3 Å². The lowest BCUT2D eigenvalue weighted by Crippen LogP contribution is -2.34. The third-order valence-corrected chi connectivity index (χ3v) is 6.46. The number of pyridine rings is 1. The van der Waals surface area contributed by atoms with Gasteiger partial charge in [0, 0.05) is 12.6 Å². The molecule has 0 fully saturated rings. The number of primary amides is 1. The lowest BCUT2D eigenvalue weighted by Gasteiger charge is -2.23. The summed E-state index contributed by atoms with van der Waals surface area (Å²) in [5, 5.41) is 7.14. The number of halogens is 2. The molecule has 1 amide bonds. The maximum Gasteiger partial charge on any atom is 0.314 e. The number of aryl methyl sites for hydroxylation is 1. The molecule has 2 N–H and O–H groups in total. The Kier molecular flexibility index (Phi) is 6.36.